The first-order valence-electron chi connectivity index (χ1n) is 6.18. The Kier molecular flexibility index (Phi) is 4.99. The lowest BCUT2D eigenvalue weighted by atomic mass is 10.0. The molecule has 2 nitrogen and oxygen atoms in total. The lowest BCUT2D eigenvalue weighted by molar-refractivity contribution is 0.112. The highest BCUT2D eigenvalue weighted by molar-refractivity contribution is 6.17. The normalized spacial score (nSPS) is 10.2. The van der Waals surface area contributed by atoms with Gasteiger partial charge in [-0.2, -0.15) is 0 Å². The Morgan fingerprint density at radius 1 is 1.05 bits per heavy atom. The van der Waals surface area contributed by atoms with Crippen molar-refractivity contribution in [1.29, 1.82) is 0 Å². The molecule has 0 aliphatic carbocycles. The monoisotopic (exact) mass is 274 g/mol. The molecule has 98 valence electrons. The number of ether oxygens (including phenoxy) is 1. The van der Waals surface area contributed by atoms with Crippen LogP contribution in [0.4, 0.5) is 0 Å². The summed E-state index contributed by atoms with van der Waals surface area (Å²) >= 11 is 5.64. The maximum absolute atomic E-state index is 10.7. The van der Waals surface area contributed by atoms with Crippen LogP contribution in [0.3, 0.4) is 0 Å². The Balaban J connectivity index is 2.24. The zero-order chi connectivity index (χ0) is 13.5. The summed E-state index contributed by atoms with van der Waals surface area (Å²) in [5.74, 6) is 1.43. The maximum atomic E-state index is 10.7. The van der Waals surface area contributed by atoms with Crippen LogP contribution in [-0.4, -0.2) is 18.8 Å². The smallest absolute Gasteiger partial charge is 0.150 e. The van der Waals surface area contributed by atoms with Crippen LogP contribution in [0.2, 0.25) is 0 Å². The molecule has 0 amide bonds. The third-order valence-corrected chi connectivity index (χ3v) is 3.05. The fraction of sp³-hybridized carbons (Fsp3) is 0.188. The second kappa shape index (κ2) is 6.95. The van der Waals surface area contributed by atoms with Gasteiger partial charge in [-0.15, -0.1) is 11.6 Å². The van der Waals surface area contributed by atoms with E-state index in [1.54, 1.807) is 12.1 Å². The largest absolute Gasteiger partial charge is 0.493 e. The van der Waals surface area contributed by atoms with E-state index in [0.717, 1.165) is 29.6 Å². The minimum atomic E-state index is 0.593. The van der Waals surface area contributed by atoms with E-state index in [0.29, 0.717) is 18.1 Å². The summed E-state index contributed by atoms with van der Waals surface area (Å²) in [4.78, 5) is 10.7. The first-order chi connectivity index (χ1) is 9.35. The van der Waals surface area contributed by atoms with Crippen molar-refractivity contribution in [1.82, 2.24) is 0 Å². The molecule has 0 aliphatic heterocycles. The highest BCUT2D eigenvalue weighted by Gasteiger charge is 2.05. The number of para-hydroxylation sites is 1. The molecule has 2 aromatic rings. The van der Waals surface area contributed by atoms with Gasteiger partial charge in [-0.1, -0.05) is 42.5 Å². The molecule has 0 radical (unpaired) electrons. The number of hydrogen-bond donors (Lipinski definition) is 0. The first-order valence-corrected chi connectivity index (χ1v) is 6.72. The molecule has 3 heteroatoms. The summed E-state index contributed by atoms with van der Waals surface area (Å²) in [5, 5.41) is 0. The quantitative estimate of drug-likeness (QED) is 0.449. The van der Waals surface area contributed by atoms with Gasteiger partial charge >= 0.3 is 0 Å². The van der Waals surface area contributed by atoms with Crippen molar-refractivity contribution in [3.8, 4) is 16.9 Å². The number of aldehydes is 1. The standard InChI is InChI=1S/C16H15ClO2/c17-10-3-11-19-16-5-2-1-4-15(16)14-8-6-13(12-18)7-9-14/h1-2,4-9,12H,3,10-11H2. The van der Waals surface area contributed by atoms with E-state index >= 15 is 0 Å². The highest BCUT2D eigenvalue weighted by Crippen LogP contribution is 2.29. The van der Waals surface area contributed by atoms with Crippen LogP contribution in [0.25, 0.3) is 11.1 Å². The molecule has 0 saturated heterocycles. The van der Waals surface area contributed by atoms with Crippen molar-refractivity contribution in [2.75, 3.05) is 12.5 Å². The molecule has 0 unspecified atom stereocenters. The number of benzene rings is 2. The molecule has 0 atom stereocenters. The number of halogens is 1. The average molecular weight is 275 g/mol. The molecule has 0 heterocycles. The summed E-state index contributed by atoms with van der Waals surface area (Å²) in [6, 6.07) is 15.3. The van der Waals surface area contributed by atoms with Gasteiger partial charge in [-0.25, -0.2) is 0 Å². The van der Waals surface area contributed by atoms with Gasteiger partial charge < -0.3 is 4.74 Å². The van der Waals surface area contributed by atoms with Crippen LogP contribution in [0.15, 0.2) is 48.5 Å². The Labute approximate surface area is 118 Å². The van der Waals surface area contributed by atoms with Gasteiger partial charge in [0.05, 0.1) is 6.61 Å². The number of alkyl halides is 1. The van der Waals surface area contributed by atoms with Crippen LogP contribution in [0.5, 0.6) is 5.75 Å². The first kappa shape index (κ1) is 13.6. The van der Waals surface area contributed by atoms with Crippen molar-refractivity contribution < 1.29 is 9.53 Å². The maximum Gasteiger partial charge on any atom is 0.150 e. The second-order valence-electron chi connectivity index (χ2n) is 4.13. The average Bonchev–Trinajstić information content (AvgIpc) is 2.48. The van der Waals surface area contributed by atoms with Gasteiger partial charge in [-0.3, -0.25) is 4.79 Å². The van der Waals surface area contributed by atoms with E-state index in [1.165, 1.54) is 0 Å². The highest BCUT2D eigenvalue weighted by atomic mass is 35.5. The molecular formula is C16H15ClO2. The van der Waals surface area contributed by atoms with Gasteiger partial charge in [-0.05, 0) is 18.1 Å². The molecule has 0 N–H and O–H groups in total. The van der Waals surface area contributed by atoms with Crippen LogP contribution in [0, 0.1) is 0 Å². The van der Waals surface area contributed by atoms with Crippen molar-refractivity contribution in [3.63, 3.8) is 0 Å². The molecule has 19 heavy (non-hydrogen) atoms. The molecule has 0 saturated carbocycles. The lowest BCUT2D eigenvalue weighted by Gasteiger charge is -2.11. The van der Waals surface area contributed by atoms with E-state index in [-0.39, 0.29) is 0 Å². The van der Waals surface area contributed by atoms with Crippen LogP contribution in [0.1, 0.15) is 16.8 Å². The fourth-order valence-electron chi connectivity index (χ4n) is 1.81. The number of hydrogen-bond acceptors (Lipinski definition) is 2. The Morgan fingerprint density at radius 2 is 1.79 bits per heavy atom. The van der Waals surface area contributed by atoms with E-state index in [4.69, 9.17) is 16.3 Å². The van der Waals surface area contributed by atoms with Crippen molar-refractivity contribution in [2.24, 2.45) is 0 Å². The summed E-state index contributed by atoms with van der Waals surface area (Å²) in [7, 11) is 0. The molecule has 0 fully saturated rings. The third-order valence-electron chi connectivity index (χ3n) is 2.78. The van der Waals surface area contributed by atoms with Crippen molar-refractivity contribution in [2.45, 2.75) is 6.42 Å². The molecule has 2 rings (SSSR count). The predicted octanol–water partition coefficient (Wildman–Crippen LogP) is 4.17. The summed E-state index contributed by atoms with van der Waals surface area (Å²) in [6.07, 6.45) is 1.66. The zero-order valence-corrected chi connectivity index (χ0v) is 11.3. The fourth-order valence-corrected chi connectivity index (χ4v) is 1.92. The minimum absolute atomic E-state index is 0.593. The Bertz CT molecular complexity index is 535. The lowest BCUT2D eigenvalue weighted by Crippen LogP contribution is -1.99. The van der Waals surface area contributed by atoms with E-state index in [1.807, 2.05) is 36.4 Å². The Morgan fingerprint density at radius 3 is 2.47 bits per heavy atom. The minimum Gasteiger partial charge on any atom is -0.493 e. The van der Waals surface area contributed by atoms with E-state index < -0.39 is 0 Å². The predicted molar refractivity (Wildman–Crippen MR) is 78.1 cm³/mol. The topological polar surface area (TPSA) is 26.3 Å². The van der Waals surface area contributed by atoms with Crippen LogP contribution >= 0.6 is 11.6 Å². The van der Waals surface area contributed by atoms with Gasteiger partial charge in [0.25, 0.3) is 0 Å². The number of rotatable bonds is 6. The molecule has 0 aromatic heterocycles. The second-order valence-corrected chi connectivity index (χ2v) is 4.50. The van der Waals surface area contributed by atoms with E-state index in [9.17, 15) is 4.79 Å². The molecule has 0 spiro atoms. The van der Waals surface area contributed by atoms with Crippen molar-refractivity contribution in [3.05, 3.63) is 54.1 Å². The Hall–Kier alpha value is -1.80. The molecule has 0 bridgehead atoms. The molecule has 2 aromatic carbocycles. The zero-order valence-electron chi connectivity index (χ0n) is 10.5. The number of carbonyl (C=O) groups is 1. The SMILES string of the molecule is O=Cc1ccc(-c2ccccc2OCCCCl)cc1. The summed E-state index contributed by atoms with van der Waals surface area (Å²) in [6.45, 7) is 0.604. The third kappa shape index (κ3) is 3.58. The molecular weight excluding hydrogens is 260 g/mol. The van der Waals surface area contributed by atoms with Gasteiger partial charge in [0.15, 0.2) is 0 Å². The van der Waals surface area contributed by atoms with Gasteiger partial charge in [0, 0.05) is 17.0 Å². The number of carbonyl (C=O) groups excluding carboxylic acids is 1. The van der Waals surface area contributed by atoms with Gasteiger partial charge in [0.1, 0.15) is 12.0 Å². The van der Waals surface area contributed by atoms with Crippen LogP contribution < -0.4 is 4.74 Å². The summed E-state index contributed by atoms with van der Waals surface area (Å²) in [5.41, 5.74) is 2.73. The van der Waals surface area contributed by atoms with Crippen LogP contribution in [-0.2, 0) is 0 Å². The molecule has 0 aliphatic rings. The van der Waals surface area contributed by atoms with Crippen molar-refractivity contribution >= 4 is 17.9 Å². The summed E-state index contributed by atoms with van der Waals surface area (Å²) < 4.78 is 5.73. The van der Waals surface area contributed by atoms with Gasteiger partial charge in [0.2, 0.25) is 0 Å². The van der Waals surface area contributed by atoms with E-state index in [2.05, 4.69) is 0 Å².